The average molecular weight is 896 g/mol. The van der Waals surface area contributed by atoms with Gasteiger partial charge in [-0.3, -0.25) is 14.6 Å². The highest BCUT2D eigenvalue weighted by atomic mass is 16.7. The van der Waals surface area contributed by atoms with Gasteiger partial charge in [-0.2, -0.15) is 0 Å². The zero-order valence-corrected chi connectivity index (χ0v) is 40.3. The van der Waals surface area contributed by atoms with Crippen molar-refractivity contribution in [2.24, 2.45) is 17.8 Å². The first-order valence-corrected chi connectivity index (χ1v) is 23.0. The number of aliphatic hydroxyl groups excluding tert-OH is 3. The number of amides is 2. The van der Waals surface area contributed by atoms with E-state index in [1.165, 1.54) is 23.8 Å². The van der Waals surface area contributed by atoms with Gasteiger partial charge in [0.25, 0.3) is 0 Å². The van der Waals surface area contributed by atoms with Gasteiger partial charge in [0.2, 0.25) is 0 Å². The molecule has 362 valence electrons. The summed E-state index contributed by atoms with van der Waals surface area (Å²) in [5.41, 5.74) is -3.91. The fraction of sp³-hybridized carbons (Fsp3) is 0.830. The molecule has 1 aromatic rings. The van der Waals surface area contributed by atoms with E-state index in [-0.39, 0.29) is 31.2 Å². The highest BCUT2D eigenvalue weighted by Gasteiger charge is 2.53. The van der Waals surface area contributed by atoms with Crippen LogP contribution in [-0.2, 0) is 33.2 Å². The lowest BCUT2D eigenvalue weighted by Crippen LogP contribution is -2.61. The second kappa shape index (κ2) is 21.9. The Morgan fingerprint density at radius 3 is 2.14 bits per heavy atom. The van der Waals surface area contributed by atoms with Crippen molar-refractivity contribution in [3.8, 4) is 0 Å². The first-order chi connectivity index (χ1) is 29.3. The summed E-state index contributed by atoms with van der Waals surface area (Å²) in [6.07, 6.45) is -9.09. The summed E-state index contributed by atoms with van der Waals surface area (Å²) in [4.78, 5) is 33.4. The maximum atomic E-state index is 14.5. The van der Waals surface area contributed by atoms with E-state index in [1.807, 2.05) is 58.0 Å². The van der Waals surface area contributed by atoms with Gasteiger partial charge in [-0.15, -0.1) is 0 Å². The summed E-state index contributed by atoms with van der Waals surface area (Å²) in [5.74, 6) is -2.87. The van der Waals surface area contributed by atoms with Gasteiger partial charge in [0.05, 0.1) is 47.6 Å². The Morgan fingerprint density at radius 1 is 0.921 bits per heavy atom. The normalized spacial score (nSPS) is 42.7. The van der Waals surface area contributed by atoms with E-state index in [9.17, 15) is 35.1 Å². The Labute approximate surface area is 376 Å². The minimum absolute atomic E-state index is 0.0873. The predicted molar refractivity (Wildman–Crippen MR) is 238 cm³/mol. The van der Waals surface area contributed by atoms with Crippen LogP contribution >= 0.6 is 0 Å². The van der Waals surface area contributed by atoms with E-state index >= 15 is 0 Å². The van der Waals surface area contributed by atoms with Crippen LogP contribution in [0.15, 0.2) is 30.3 Å². The monoisotopic (exact) mass is 896 g/mol. The second-order valence-electron chi connectivity index (χ2n) is 19.5. The summed E-state index contributed by atoms with van der Waals surface area (Å²) in [5, 5.41) is 59.8. The van der Waals surface area contributed by atoms with Gasteiger partial charge in [-0.05, 0) is 98.7 Å². The Balaban J connectivity index is 1.82. The fourth-order valence-electron chi connectivity index (χ4n) is 10.2. The number of hydrogen-bond donors (Lipinski definition) is 5. The molecule has 1 aromatic carbocycles. The molecule has 4 rings (SSSR count). The first kappa shape index (κ1) is 53.1. The smallest absolute Gasteiger partial charge is 0.324 e. The number of urea groups is 1. The molecule has 0 radical (unpaired) electrons. The van der Waals surface area contributed by atoms with Crippen LogP contribution < -0.4 is 4.90 Å². The summed E-state index contributed by atoms with van der Waals surface area (Å²) >= 11 is 0. The van der Waals surface area contributed by atoms with Gasteiger partial charge >= 0.3 is 12.0 Å². The first-order valence-electron chi connectivity index (χ1n) is 23.0. The van der Waals surface area contributed by atoms with E-state index < -0.39 is 108 Å². The van der Waals surface area contributed by atoms with Gasteiger partial charge in [0.15, 0.2) is 12.6 Å². The van der Waals surface area contributed by atoms with Crippen molar-refractivity contribution < 1.29 is 63.5 Å². The summed E-state index contributed by atoms with van der Waals surface area (Å²) in [7, 11) is 4.79. The number of hydrogen-bond acceptors (Lipinski definition) is 14. The van der Waals surface area contributed by atoms with Crippen molar-refractivity contribution in [1.82, 2.24) is 9.80 Å². The Kier molecular flexibility index (Phi) is 18.5. The number of anilines is 1. The maximum absolute atomic E-state index is 14.5. The predicted octanol–water partition coefficient (Wildman–Crippen LogP) is 4.31. The van der Waals surface area contributed by atoms with E-state index in [0.29, 0.717) is 25.2 Å². The number of likely N-dealkylation sites (N-methyl/N-ethyl adjacent to an activating group) is 1. The van der Waals surface area contributed by atoms with Crippen LogP contribution in [0.25, 0.3) is 0 Å². The van der Waals surface area contributed by atoms with Gasteiger partial charge in [0.1, 0.15) is 30.0 Å². The topological polar surface area (TPSA) is 200 Å². The lowest BCUT2D eigenvalue weighted by molar-refractivity contribution is -0.317. The SMILES string of the molecule is CCCN1C[C@H](C)C[C@@](C)(O)[C@H](O[C@@H]2O[C@H](C)C[C@H](N(C)C(=O)N(C)c3ccccc3)[C@H]2O)[C@@H](C)[C@H](O[C@H]2C[C@@](C)(OC)[C@@H](O)[C@H](C)O2)[C@@H](C)C(=O)O[C@H](CC)[C@@](C)(O)[C@H](O)[C@H]1C. The molecule has 16 heteroatoms. The molecule has 63 heavy (non-hydrogen) atoms. The zero-order chi connectivity index (χ0) is 47.4. The number of cyclic esters (lactones) is 1. The van der Waals surface area contributed by atoms with Gasteiger partial charge < -0.3 is 58.9 Å². The van der Waals surface area contributed by atoms with Crippen LogP contribution in [0.5, 0.6) is 0 Å². The number of ether oxygens (including phenoxy) is 6. The van der Waals surface area contributed by atoms with Crippen LogP contribution in [0.3, 0.4) is 0 Å². The number of carbonyl (C=O) groups excluding carboxylic acids is 2. The number of carbonyl (C=O) groups is 2. The minimum atomic E-state index is -1.84. The summed E-state index contributed by atoms with van der Waals surface area (Å²) < 4.78 is 38.1. The molecular weight excluding hydrogens is 815 g/mol. The number of methoxy groups -OCH3 is 1. The van der Waals surface area contributed by atoms with Crippen LogP contribution in [-0.4, -0.2) is 172 Å². The molecule has 2 amide bonds. The molecule has 18 atom stereocenters. The lowest BCUT2D eigenvalue weighted by Gasteiger charge is -2.49. The third-order valence-electron chi connectivity index (χ3n) is 14.1. The number of para-hydroxylation sites is 1. The van der Waals surface area contributed by atoms with Crippen LogP contribution in [0.1, 0.15) is 108 Å². The van der Waals surface area contributed by atoms with E-state index in [0.717, 1.165) is 6.42 Å². The Morgan fingerprint density at radius 2 is 1.56 bits per heavy atom. The highest BCUT2D eigenvalue weighted by molar-refractivity contribution is 5.91. The van der Waals surface area contributed by atoms with E-state index in [2.05, 4.69) is 4.90 Å². The molecule has 0 unspecified atom stereocenters. The lowest BCUT2D eigenvalue weighted by atomic mass is 9.77. The average Bonchev–Trinajstić information content (AvgIpc) is 3.24. The van der Waals surface area contributed by atoms with Gasteiger partial charge in [-0.1, -0.05) is 45.9 Å². The number of benzene rings is 1. The molecule has 16 nitrogen and oxygen atoms in total. The van der Waals surface area contributed by atoms with Gasteiger partial charge in [0, 0.05) is 51.8 Å². The van der Waals surface area contributed by atoms with Crippen LogP contribution in [0.4, 0.5) is 10.5 Å². The number of rotatable bonds is 10. The molecule has 3 saturated heterocycles. The number of aliphatic hydroxyl groups is 5. The summed E-state index contributed by atoms with van der Waals surface area (Å²) in [6, 6.07) is 7.52. The van der Waals surface area contributed by atoms with Crippen LogP contribution in [0.2, 0.25) is 0 Å². The third kappa shape index (κ3) is 12.1. The third-order valence-corrected chi connectivity index (χ3v) is 14.1. The zero-order valence-electron chi connectivity index (χ0n) is 40.3. The highest BCUT2D eigenvalue weighted by Crippen LogP contribution is 2.40. The molecule has 0 aliphatic carbocycles. The van der Waals surface area contributed by atoms with Gasteiger partial charge in [-0.25, -0.2) is 4.79 Å². The Hall–Kier alpha value is -2.48. The standard InChI is InChI=1S/C47H81N3O13/c1-15-22-50-26-27(3)24-45(9,56)41(63-43-37(51)34(23-28(4)59-43)49(13)44(55)48(12)33-20-18-17-19-21-33)29(5)38(62-36-25-46(10,58-14)40(53)32(8)60-36)30(6)42(54)61-35(16-2)47(11,57)39(52)31(50)7/h17-21,27-32,34-41,43,51-53,56-57H,15-16,22-26H2,1-14H3/t27-,28-,29+,30-,31-,32+,34+,35-,36+,37-,38+,39-,40+,41-,43+,45-,46-,47-/m1/s1. The van der Waals surface area contributed by atoms with Crippen molar-refractivity contribution in [2.75, 3.05) is 39.2 Å². The van der Waals surface area contributed by atoms with E-state index in [4.69, 9.17) is 28.4 Å². The molecular formula is C47H81N3O13. The van der Waals surface area contributed by atoms with Crippen molar-refractivity contribution in [2.45, 2.75) is 199 Å². The minimum Gasteiger partial charge on any atom is -0.459 e. The maximum Gasteiger partial charge on any atom is 0.324 e. The molecule has 3 fully saturated rings. The van der Waals surface area contributed by atoms with Crippen molar-refractivity contribution in [3.05, 3.63) is 30.3 Å². The van der Waals surface area contributed by atoms with Crippen LogP contribution in [0, 0.1) is 17.8 Å². The number of esters is 1. The quantitative estimate of drug-likeness (QED) is 0.208. The van der Waals surface area contributed by atoms with E-state index in [1.54, 1.807) is 55.6 Å². The molecule has 3 aliphatic heterocycles. The molecule has 3 heterocycles. The van der Waals surface area contributed by atoms with Crippen molar-refractivity contribution >= 4 is 17.7 Å². The molecule has 3 aliphatic rings. The molecule has 0 bridgehead atoms. The Bertz CT molecular complexity index is 1600. The van der Waals surface area contributed by atoms with Crippen molar-refractivity contribution in [1.29, 1.82) is 0 Å². The summed E-state index contributed by atoms with van der Waals surface area (Å²) in [6.45, 7) is 20.5. The van der Waals surface area contributed by atoms with Crippen molar-refractivity contribution in [3.63, 3.8) is 0 Å². The second-order valence-corrected chi connectivity index (χ2v) is 19.5. The molecule has 0 aromatic heterocycles. The largest absolute Gasteiger partial charge is 0.459 e. The fourth-order valence-corrected chi connectivity index (χ4v) is 10.2. The number of nitrogens with zero attached hydrogens (tertiary/aromatic N) is 3. The molecule has 5 N–H and O–H groups in total. The molecule has 0 saturated carbocycles. The molecule has 0 spiro atoms.